The van der Waals surface area contributed by atoms with Crippen LogP contribution in [0.5, 0.6) is 0 Å². The Morgan fingerprint density at radius 1 is 1.11 bits per heavy atom. The topological polar surface area (TPSA) is 57.6 Å². The number of hydrogen-bond donors (Lipinski definition) is 1. The van der Waals surface area contributed by atoms with Gasteiger partial charge in [-0.15, -0.1) is 0 Å². The maximum Gasteiger partial charge on any atom is 0.303 e. The molecule has 2 saturated heterocycles. The van der Waals surface area contributed by atoms with Gasteiger partial charge < -0.3 is 10.0 Å². The lowest BCUT2D eigenvalue weighted by atomic mass is 9.98. The average molecular weight is 271 g/mol. The summed E-state index contributed by atoms with van der Waals surface area (Å²) in [5.41, 5.74) is 0. The van der Waals surface area contributed by atoms with Gasteiger partial charge in [0.05, 0.1) is 0 Å². The molecule has 0 aliphatic carbocycles. The van der Waals surface area contributed by atoms with Crippen LogP contribution in [0.15, 0.2) is 0 Å². The van der Waals surface area contributed by atoms with Gasteiger partial charge in [-0.1, -0.05) is 0 Å². The predicted octanol–water partition coefficient (Wildman–Crippen LogP) is 1.84. The van der Waals surface area contributed by atoms with Crippen LogP contribution >= 0.6 is 11.8 Å². The number of carbonyl (C=O) groups excluding carboxylic acids is 1. The molecule has 1 N–H and O–H groups in total. The minimum atomic E-state index is -0.751. The second kappa shape index (κ2) is 6.45. The highest BCUT2D eigenvalue weighted by molar-refractivity contribution is 7.99. The molecule has 0 aromatic rings. The summed E-state index contributed by atoms with van der Waals surface area (Å²) in [7, 11) is 0. The number of rotatable bonds is 4. The summed E-state index contributed by atoms with van der Waals surface area (Å²) >= 11 is 1.98. The molecule has 5 heteroatoms. The Bertz CT molecular complexity index is 315. The highest BCUT2D eigenvalue weighted by atomic mass is 32.2. The molecule has 18 heavy (non-hydrogen) atoms. The van der Waals surface area contributed by atoms with Crippen molar-refractivity contribution in [3.8, 4) is 0 Å². The van der Waals surface area contributed by atoms with Gasteiger partial charge in [0.25, 0.3) is 0 Å². The van der Waals surface area contributed by atoms with Crippen LogP contribution in [0.1, 0.15) is 32.1 Å². The molecular weight excluding hydrogens is 250 g/mol. The van der Waals surface area contributed by atoms with Crippen LogP contribution in [0.25, 0.3) is 0 Å². The van der Waals surface area contributed by atoms with Crippen LogP contribution in [0.4, 0.5) is 0 Å². The summed E-state index contributed by atoms with van der Waals surface area (Å²) in [5, 5.41) is 8.75. The van der Waals surface area contributed by atoms with Crippen molar-refractivity contribution in [2.45, 2.75) is 32.1 Å². The van der Waals surface area contributed by atoms with Crippen molar-refractivity contribution in [3.05, 3.63) is 0 Å². The van der Waals surface area contributed by atoms with E-state index in [1.165, 1.54) is 11.5 Å². The van der Waals surface area contributed by atoms with Crippen molar-refractivity contribution in [1.82, 2.24) is 4.90 Å². The van der Waals surface area contributed by atoms with Crippen LogP contribution in [0.3, 0.4) is 0 Å². The van der Waals surface area contributed by atoms with Crippen molar-refractivity contribution in [2.24, 2.45) is 11.8 Å². The molecule has 0 aromatic carbocycles. The lowest BCUT2D eigenvalue weighted by Gasteiger charge is -2.24. The monoisotopic (exact) mass is 271 g/mol. The Hall–Kier alpha value is -0.710. The van der Waals surface area contributed by atoms with Gasteiger partial charge in [0.1, 0.15) is 0 Å². The Morgan fingerprint density at radius 2 is 1.83 bits per heavy atom. The first kappa shape index (κ1) is 13.7. The number of thioether (sulfide) groups is 1. The van der Waals surface area contributed by atoms with Gasteiger partial charge in [-0.3, -0.25) is 9.59 Å². The van der Waals surface area contributed by atoms with Gasteiger partial charge in [0, 0.05) is 25.9 Å². The zero-order chi connectivity index (χ0) is 13.0. The second-order valence-electron chi connectivity index (χ2n) is 5.35. The fourth-order valence-electron chi connectivity index (χ4n) is 2.80. The number of hydrogen-bond acceptors (Lipinski definition) is 3. The third kappa shape index (κ3) is 3.90. The van der Waals surface area contributed by atoms with Crippen molar-refractivity contribution in [1.29, 1.82) is 0 Å². The minimum Gasteiger partial charge on any atom is -0.481 e. The van der Waals surface area contributed by atoms with E-state index in [2.05, 4.69) is 0 Å². The lowest BCUT2D eigenvalue weighted by Crippen LogP contribution is -2.31. The molecule has 2 aliphatic rings. The molecule has 1 atom stereocenters. The fraction of sp³-hybridized carbons (Fsp3) is 0.846. The van der Waals surface area contributed by atoms with Gasteiger partial charge in [-0.2, -0.15) is 11.8 Å². The Balaban J connectivity index is 1.74. The molecular formula is C13H21NO3S. The van der Waals surface area contributed by atoms with E-state index in [0.29, 0.717) is 18.9 Å². The molecule has 102 valence electrons. The van der Waals surface area contributed by atoms with Crippen LogP contribution in [-0.4, -0.2) is 46.5 Å². The molecule has 2 rings (SSSR count). The third-order valence-corrected chi connectivity index (χ3v) is 4.95. The zero-order valence-corrected chi connectivity index (χ0v) is 11.5. The quantitative estimate of drug-likeness (QED) is 0.847. The molecule has 0 saturated carbocycles. The number of likely N-dealkylation sites (tertiary alicyclic amines) is 1. The fourth-order valence-corrected chi connectivity index (χ4v) is 4.00. The highest BCUT2D eigenvalue weighted by Crippen LogP contribution is 2.27. The van der Waals surface area contributed by atoms with Gasteiger partial charge in [-0.25, -0.2) is 0 Å². The summed E-state index contributed by atoms with van der Waals surface area (Å²) in [6.45, 7) is 1.39. The third-order valence-electron chi connectivity index (χ3n) is 3.91. The van der Waals surface area contributed by atoms with E-state index in [4.69, 9.17) is 5.11 Å². The van der Waals surface area contributed by atoms with Crippen LogP contribution < -0.4 is 0 Å². The van der Waals surface area contributed by atoms with E-state index in [9.17, 15) is 9.59 Å². The number of carbonyl (C=O) groups is 2. The number of aliphatic carboxylic acids is 1. The molecule has 2 aliphatic heterocycles. The van der Waals surface area contributed by atoms with Crippen LogP contribution in [0, 0.1) is 11.8 Å². The summed E-state index contributed by atoms with van der Waals surface area (Å²) in [4.78, 5) is 24.6. The standard InChI is InChI=1S/C13H21NO3S/c15-12(7-10-2-5-18-6-3-10)14-4-1-11(9-14)8-13(16)17/h10-11H,1-9H2,(H,16,17). The van der Waals surface area contributed by atoms with Crippen LogP contribution in [0.2, 0.25) is 0 Å². The van der Waals surface area contributed by atoms with Crippen LogP contribution in [-0.2, 0) is 9.59 Å². The van der Waals surface area contributed by atoms with Crippen molar-refractivity contribution in [3.63, 3.8) is 0 Å². The molecule has 1 unspecified atom stereocenters. The molecule has 0 bridgehead atoms. The summed E-state index contributed by atoms with van der Waals surface area (Å²) in [6.07, 6.45) is 4.02. The summed E-state index contributed by atoms with van der Waals surface area (Å²) < 4.78 is 0. The number of amides is 1. The van der Waals surface area contributed by atoms with Gasteiger partial charge in [0.2, 0.25) is 5.91 Å². The molecule has 0 spiro atoms. The van der Waals surface area contributed by atoms with E-state index in [-0.39, 0.29) is 18.2 Å². The largest absolute Gasteiger partial charge is 0.481 e. The minimum absolute atomic E-state index is 0.161. The smallest absolute Gasteiger partial charge is 0.303 e. The highest BCUT2D eigenvalue weighted by Gasteiger charge is 2.29. The molecule has 0 aromatic heterocycles. The number of nitrogens with zero attached hydrogens (tertiary/aromatic N) is 1. The SMILES string of the molecule is O=C(O)CC1CCN(C(=O)CC2CCSCC2)C1. The molecule has 2 fully saturated rings. The normalized spacial score (nSPS) is 25.3. The number of carboxylic acids is 1. The first-order chi connectivity index (χ1) is 8.65. The molecule has 1 amide bonds. The molecule has 4 nitrogen and oxygen atoms in total. The average Bonchev–Trinajstić information content (AvgIpc) is 2.78. The second-order valence-corrected chi connectivity index (χ2v) is 6.58. The van der Waals surface area contributed by atoms with Crippen molar-refractivity contribution < 1.29 is 14.7 Å². The zero-order valence-electron chi connectivity index (χ0n) is 10.6. The van der Waals surface area contributed by atoms with Crippen molar-refractivity contribution >= 4 is 23.6 Å². The van der Waals surface area contributed by atoms with Gasteiger partial charge in [0.15, 0.2) is 0 Å². The lowest BCUT2D eigenvalue weighted by molar-refractivity contribution is -0.138. The van der Waals surface area contributed by atoms with E-state index in [1.54, 1.807) is 0 Å². The first-order valence-corrected chi connectivity index (χ1v) is 7.88. The Labute approximate surface area is 112 Å². The number of carboxylic acid groups (broad SMARTS) is 1. The van der Waals surface area contributed by atoms with E-state index in [0.717, 1.165) is 25.8 Å². The van der Waals surface area contributed by atoms with E-state index in [1.807, 2.05) is 16.7 Å². The van der Waals surface area contributed by atoms with E-state index < -0.39 is 5.97 Å². The maximum atomic E-state index is 12.1. The summed E-state index contributed by atoms with van der Waals surface area (Å²) in [6, 6.07) is 0. The maximum absolute atomic E-state index is 12.1. The Kier molecular flexibility index (Phi) is 4.92. The van der Waals surface area contributed by atoms with Gasteiger partial charge >= 0.3 is 5.97 Å². The van der Waals surface area contributed by atoms with Crippen molar-refractivity contribution in [2.75, 3.05) is 24.6 Å². The first-order valence-electron chi connectivity index (χ1n) is 6.72. The molecule has 0 radical (unpaired) electrons. The predicted molar refractivity (Wildman–Crippen MR) is 71.6 cm³/mol. The van der Waals surface area contributed by atoms with E-state index >= 15 is 0 Å². The summed E-state index contributed by atoms with van der Waals surface area (Å²) in [5.74, 6) is 2.56. The molecule has 2 heterocycles. The van der Waals surface area contributed by atoms with Gasteiger partial charge in [-0.05, 0) is 42.6 Å². The Morgan fingerprint density at radius 3 is 2.50 bits per heavy atom.